The minimum Gasteiger partial charge on any atom is -0.399 e. The summed E-state index contributed by atoms with van der Waals surface area (Å²) < 4.78 is 39.7. The molecule has 3 N–H and O–H groups in total. The summed E-state index contributed by atoms with van der Waals surface area (Å²) in [6, 6.07) is 3.33. The van der Waals surface area contributed by atoms with Crippen LogP contribution in [0.1, 0.15) is 12.8 Å². The lowest BCUT2D eigenvalue weighted by Crippen LogP contribution is -2.31. The van der Waals surface area contributed by atoms with Crippen LogP contribution in [0.15, 0.2) is 23.1 Å². The van der Waals surface area contributed by atoms with E-state index in [1.165, 1.54) is 10.4 Å². The number of fused-ring (bicyclic) bond motifs is 1. The molecule has 5 nitrogen and oxygen atoms in total. The van der Waals surface area contributed by atoms with Crippen molar-refractivity contribution in [2.45, 2.75) is 23.8 Å². The highest BCUT2D eigenvalue weighted by molar-refractivity contribution is 7.89. The molecule has 1 aromatic carbocycles. The molecule has 1 aliphatic carbocycles. The highest BCUT2D eigenvalue weighted by Gasteiger charge is 2.45. The maximum atomic E-state index is 13.3. The van der Waals surface area contributed by atoms with Gasteiger partial charge in [0.05, 0.1) is 11.0 Å². The molecule has 7 heteroatoms. The highest BCUT2D eigenvalue weighted by atomic mass is 32.2. The summed E-state index contributed by atoms with van der Waals surface area (Å²) in [5, 5.41) is 9.84. The van der Waals surface area contributed by atoms with Gasteiger partial charge in [-0.1, -0.05) is 0 Å². The van der Waals surface area contributed by atoms with Gasteiger partial charge in [-0.05, 0) is 37.0 Å². The lowest BCUT2D eigenvalue weighted by atomic mass is 10.00. The van der Waals surface area contributed by atoms with Gasteiger partial charge in [-0.2, -0.15) is 4.31 Å². The summed E-state index contributed by atoms with van der Waals surface area (Å²) in [7, 11) is -3.75. The second-order valence-corrected chi connectivity index (χ2v) is 7.55. The monoisotopic (exact) mass is 300 g/mol. The van der Waals surface area contributed by atoms with E-state index in [-0.39, 0.29) is 22.4 Å². The van der Waals surface area contributed by atoms with Crippen molar-refractivity contribution in [2.75, 3.05) is 18.8 Å². The molecule has 2 fully saturated rings. The molecule has 3 rings (SSSR count). The van der Waals surface area contributed by atoms with Crippen molar-refractivity contribution in [3.8, 4) is 0 Å². The van der Waals surface area contributed by atoms with Crippen molar-refractivity contribution in [1.82, 2.24) is 4.31 Å². The second kappa shape index (κ2) is 4.68. The standard InChI is InChI=1S/C13H17FN2O3S/c14-9-3-10(15)5-11(4-9)20(18,19)16-6-8-1-2-13(17)12(8)7-16/h3-5,8,12-13,17H,1-2,6-7,15H2. The Kier molecular flexibility index (Phi) is 3.23. The van der Waals surface area contributed by atoms with Gasteiger partial charge in [-0.15, -0.1) is 0 Å². The van der Waals surface area contributed by atoms with E-state index in [0.717, 1.165) is 25.0 Å². The van der Waals surface area contributed by atoms with E-state index in [9.17, 15) is 17.9 Å². The highest BCUT2D eigenvalue weighted by Crippen LogP contribution is 2.40. The zero-order valence-corrected chi connectivity index (χ0v) is 11.7. The van der Waals surface area contributed by atoms with Crippen LogP contribution < -0.4 is 5.73 Å². The van der Waals surface area contributed by atoms with E-state index in [0.29, 0.717) is 13.1 Å². The molecule has 20 heavy (non-hydrogen) atoms. The summed E-state index contributed by atoms with van der Waals surface area (Å²) >= 11 is 0. The number of aliphatic hydroxyl groups is 1. The average molecular weight is 300 g/mol. The van der Waals surface area contributed by atoms with Crippen LogP contribution in [0, 0.1) is 17.7 Å². The first-order valence-corrected chi connectivity index (χ1v) is 8.06. The molecule has 3 unspecified atom stereocenters. The molecule has 1 saturated heterocycles. The third-order valence-electron chi connectivity index (χ3n) is 4.32. The largest absolute Gasteiger partial charge is 0.399 e. The first-order valence-electron chi connectivity index (χ1n) is 6.62. The summed E-state index contributed by atoms with van der Waals surface area (Å²) in [5.74, 6) is -0.468. The van der Waals surface area contributed by atoms with E-state index in [1.54, 1.807) is 0 Å². The third kappa shape index (κ3) is 2.19. The van der Waals surface area contributed by atoms with E-state index < -0.39 is 21.9 Å². The summed E-state index contributed by atoms with van der Waals surface area (Å²) in [4.78, 5) is -0.121. The van der Waals surface area contributed by atoms with Crippen molar-refractivity contribution in [3.05, 3.63) is 24.0 Å². The van der Waals surface area contributed by atoms with E-state index in [2.05, 4.69) is 0 Å². The maximum Gasteiger partial charge on any atom is 0.243 e. The molecular weight excluding hydrogens is 283 g/mol. The van der Waals surface area contributed by atoms with Gasteiger partial charge in [0.1, 0.15) is 5.82 Å². The van der Waals surface area contributed by atoms with Crippen LogP contribution in [0.25, 0.3) is 0 Å². The van der Waals surface area contributed by atoms with Gasteiger partial charge < -0.3 is 10.8 Å². The van der Waals surface area contributed by atoms with Gasteiger partial charge in [0.2, 0.25) is 10.0 Å². The van der Waals surface area contributed by atoms with Crippen molar-refractivity contribution < 1.29 is 17.9 Å². The normalized spacial score (nSPS) is 30.6. The Labute approximate surface area is 117 Å². The zero-order chi connectivity index (χ0) is 14.5. The molecule has 0 bridgehead atoms. The molecule has 1 aliphatic heterocycles. The van der Waals surface area contributed by atoms with Crippen LogP contribution in [0.4, 0.5) is 10.1 Å². The molecule has 0 radical (unpaired) electrons. The van der Waals surface area contributed by atoms with Gasteiger partial charge in [0.25, 0.3) is 0 Å². The van der Waals surface area contributed by atoms with Crippen molar-refractivity contribution in [2.24, 2.45) is 11.8 Å². The predicted octanol–water partition coefficient (Wildman–Crippen LogP) is 0.799. The van der Waals surface area contributed by atoms with Crippen LogP contribution >= 0.6 is 0 Å². The van der Waals surface area contributed by atoms with Crippen molar-refractivity contribution >= 4 is 15.7 Å². The van der Waals surface area contributed by atoms with Gasteiger partial charge in [-0.3, -0.25) is 0 Å². The number of aliphatic hydroxyl groups excluding tert-OH is 1. The van der Waals surface area contributed by atoms with Crippen LogP contribution in [0.3, 0.4) is 0 Å². The fourth-order valence-corrected chi connectivity index (χ4v) is 4.88. The van der Waals surface area contributed by atoms with Crippen molar-refractivity contribution in [1.29, 1.82) is 0 Å². The van der Waals surface area contributed by atoms with Crippen LogP contribution in [0.2, 0.25) is 0 Å². The molecule has 3 atom stereocenters. The topological polar surface area (TPSA) is 83.6 Å². The Hall–Kier alpha value is -1.18. The van der Waals surface area contributed by atoms with Crippen molar-refractivity contribution in [3.63, 3.8) is 0 Å². The fourth-order valence-electron chi connectivity index (χ4n) is 3.27. The lowest BCUT2D eigenvalue weighted by molar-refractivity contribution is 0.129. The zero-order valence-electron chi connectivity index (χ0n) is 10.9. The Morgan fingerprint density at radius 1 is 1.25 bits per heavy atom. The number of benzene rings is 1. The van der Waals surface area contributed by atoms with E-state index in [4.69, 9.17) is 5.73 Å². The number of anilines is 1. The SMILES string of the molecule is Nc1cc(F)cc(S(=O)(=O)N2CC3CCC(O)C3C2)c1. The number of nitrogens with two attached hydrogens (primary N) is 1. The molecule has 0 spiro atoms. The van der Waals surface area contributed by atoms with Gasteiger partial charge in [0, 0.05) is 24.7 Å². The van der Waals surface area contributed by atoms with Crippen LogP contribution in [-0.4, -0.2) is 37.0 Å². The Morgan fingerprint density at radius 3 is 2.65 bits per heavy atom. The predicted molar refractivity (Wildman–Crippen MR) is 71.8 cm³/mol. The minimum atomic E-state index is -3.75. The smallest absolute Gasteiger partial charge is 0.243 e. The summed E-state index contributed by atoms with van der Waals surface area (Å²) in [5.41, 5.74) is 5.59. The van der Waals surface area contributed by atoms with E-state index in [1.807, 2.05) is 0 Å². The first-order chi connectivity index (χ1) is 9.38. The quantitative estimate of drug-likeness (QED) is 0.791. The Morgan fingerprint density at radius 2 is 2.00 bits per heavy atom. The number of rotatable bonds is 2. The van der Waals surface area contributed by atoms with Crippen LogP contribution in [-0.2, 0) is 10.0 Å². The first kappa shape index (κ1) is 13.8. The maximum absolute atomic E-state index is 13.3. The number of hydrogen-bond acceptors (Lipinski definition) is 4. The molecular formula is C13H17FN2O3S. The molecule has 1 saturated carbocycles. The molecule has 1 aromatic rings. The minimum absolute atomic E-state index is 0.00400. The third-order valence-corrected chi connectivity index (χ3v) is 6.13. The lowest BCUT2D eigenvalue weighted by Gasteiger charge is -2.18. The molecule has 0 aromatic heterocycles. The van der Waals surface area contributed by atoms with E-state index >= 15 is 0 Å². The number of nitrogen functional groups attached to an aromatic ring is 1. The molecule has 110 valence electrons. The van der Waals surface area contributed by atoms with Gasteiger partial charge in [0.15, 0.2) is 0 Å². The molecule has 1 heterocycles. The van der Waals surface area contributed by atoms with Gasteiger partial charge >= 0.3 is 0 Å². The number of nitrogens with zero attached hydrogens (tertiary/aromatic N) is 1. The summed E-state index contributed by atoms with van der Waals surface area (Å²) in [6.07, 6.45) is 1.14. The fraction of sp³-hybridized carbons (Fsp3) is 0.538. The number of sulfonamides is 1. The summed E-state index contributed by atoms with van der Waals surface area (Å²) in [6.45, 7) is 0.686. The molecule has 2 aliphatic rings. The number of halogens is 1. The average Bonchev–Trinajstić information content (AvgIpc) is 2.91. The van der Waals surface area contributed by atoms with Crippen LogP contribution in [0.5, 0.6) is 0 Å². The van der Waals surface area contributed by atoms with Gasteiger partial charge in [-0.25, -0.2) is 12.8 Å². The molecule has 0 amide bonds. The Bertz CT molecular complexity index is 614. The number of hydrogen-bond donors (Lipinski definition) is 2. The second-order valence-electron chi connectivity index (χ2n) is 5.61. The Balaban J connectivity index is 1.90.